The number of anilines is 1. The third-order valence-electron chi connectivity index (χ3n) is 5.42. The Morgan fingerprint density at radius 2 is 1.93 bits per heavy atom. The van der Waals surface area contributed by atoms with Gasteiger partial charge in [0.15, 0.2) is 5.78 Å². The van der Waals surface area contributed by atoms with Crippen LogP contribution < -0.4 is 10.6 Å². The normalized spacial score (nSPS) is 24.7. The van der Waals surface area contributed by atoms with E-state index < -0.39 is 11.5 Å². The summed E-state index contributed by atoms with van der Waals surface area (Å²) in [5.41, 5.74) is 2.87. The second-order valence-electron chi connectivity index (χ2n) is 7.32. The molecular formula is C22H21ClN2O2. The van der Waals surface area contributed by atoms with Gasteiger partial charge >= 0.3 is 0 Å². The number of halogens is 1. The predicted molar refractivity (Wildman–Crippen MR) is 107 cm³/mol. The van der Waals surface area contributed by atoms with E-state index in [-0.39, 0.29) is 11.7 Å². The molecule has 27 heavy (non-hydrogen) atoms. The fourth-order valence-electron chi connectivity index (χ4n) is 3.92. The molecular weight excluding hydrogens is 360 g/mol. The Morgan fingerprint density at radius 1 is 1.15 bits per heavy atom. The van der Waals surface area contributed by atoms with Crippen LogP contribution in [0.25, 0.3) is 0 Å². The zero-order chi connectivity index (χ0) is 19.0. The van der Waals surface area contributed by atoms with E-state index in [0.717, 1.165) is 16.9 Å². The number of carbonyl (C=O) groups is 2. The number of Topliss-reactive ketones (excluding diaryl/α,β-unsaturated/α-hetero) is 1. The van der Waals surface area contributed by atoms with Gasteiger partial charge in [0.05, 0.1) is 0 Å². The lowest BCUT2D eigenvalue weighted by molar-refractivity contribution is -0.125. The van der Waals surface area contributed by atoms with Crippen molar-refractivity contribution in [2.45, 2.75) is 37.6 Å². The van der Waals surface area contributed by atoms with Crippen molar-refractivity contribution in [2.24, 2.45) is 0 Å². The molecule has 2 N–H and O–H groups in total. The standard InChI is InChI=1S/C22H21ClN2O2/c1-14-7-8-17(18(23)13-14)19-20(26)22(25-21(19)27)11-9-16(10-12-22)24-15-5-3-2-4-6-15/h2-9,13,19,24H,10-12H2,1H3,(H,25,27). The maximum atomic E-state index is 13.2. The fourth-order valence-corrected chi connectivity index (χ4v) is 4.27. The van der Waals surface area contributed by atoms with Crippen LogP contribution in [0, 0.1) is 6.92 Å². The minimum atomic E-state index is -0.824. The van der Waals surface area contributed by atoms with Crippen LogP contribution >= 0.6 is 11.6 Å². The molecule has 1 spiro atoms. The van der Waals surface area contributed by atoms with E-state index in [1.54, 1.807) is 12.1 Å². The average Bonchev–Trinajstić information content (AvgIpc) is 2.89. The molecule has 2 aromatic carbocycles. The molecule has 4 rings (SSSR count). The molecule has 2 unspecified atom stereocenters. The van der Waals surface area contributed by atoms with Crippen LogP contribution in [0.5, 0.6) is 0 Å². The van der Waals surface area contributed by atoms with E-state index in [9.17, 15) is 9.59 Å². The first-order chi connectivity index (χ1) is 13.0. The van der Waals surface area contributed by atoms with Gasteiger partial charge in [-0.15, -0.1) is 0 Å². The first-order valence-corrected chi connectivity index (χ1v) is 9.50. The number of aryl methyl sites for hydroxylation is 1. The zero-order valence-corrected chi connectivity index (χ0v) is 15.8. The van der Waals surface area contributed by atoms with Crippen LogP contribution in [0.15, 0.2) is 60.3 Å². The third kappa shape index (κ3) is 3.26. The Morgan fingerprint density at radius 3 is 2.59 bits per heavy atom. The quantitative estimate of drug-likeness (QED) is 0.778. The molecule has 1 heterocycles. The van der Waals surface area contributed by atoms with Gasteiger partial charge in [0.1, 0.15) is 11.5 Å². The van der Waals surface area contributed by atoms with Gasteiger partial charge in [0.25, 0.3) is 0 Å². The number of amides is 1. The highest BCUT2D eigenvalue weighted by atomic mass is 35.5. The molecule has 2 aromatic rings. The van der Waals surface area contributed by atoms with Gasteiger partial charge in [-0.3, -0.25) is 9.59 Å². The van der Waals surface area contributed by atoms with Gasteiger partial charge in [-0.05, 0) is 55.5 Å². The van der Waals surface area contributed by atoms with E-state index in [1.807, 2.05) is 49.4 Å². The van der Waals surface area contributed by atoms with Crippen LogP contribution in [0.2, 0.25) is 5.02 Å². The van der Waals surface area contributed by atoms with Gasteiger partial charge < -0.3 is 10.6 Å². The minimum Gasteiger partial charge on any atom is -0.359 e. The number of para-hydroxylation sites is 1. The summed E-state index contributed by atoms with van der Waals surface area (Å²) in [6, 6.07) is 15.4. The third-order valence-corrected chi connectivity index (χ3v) is 5.75. The summed E-state index contributed by atoms with van der Waals surface area (Å²) in [7, 11) is 0. The van der Waals surface area contributed by atoms with Crippen molar-refractivity contribution < 1.29 is 9.59 Å². The molecule has 1 aliphatic heterocycles. The lowest BCUT2D eigenvalue weighted by Crippen LogP contribution is -2.47. The van der Waals surface area contributed by atoms with Crippen LogP contribution in [-0.4, -0.2) is 17.2 Å². The highest BCUT2D eigenvalue weighted by molar-refractivity contribution is 6.32. The van der Waals surface area contributed by atoms with Crippen molar-refractivity contribution in [3.05, 3.63) is 76.5 Å². The second-order valence-corrected chi connectivity index (χ2v) is 7.73. The Kier molecular flexibility index (Phi) is 4.52. The van der Waals surface area contributed by atoms with Crippen molar-refractivity contribution >= 4 is 29.0 Å². The average molecular weight is 381 g/mol. The summed E-state index contributed by atoms with van der Waals surface area (Å²) in [6.45, 7) is 1.93. The number of nitrogens with one attached hydrogen (secondary N) is 2. The summed E-state index contributed by atoms with van der Waals surface area (Å²) in [4.78, 5) is 25.8. The summed E-state index contributed by atoms with van der Waals surface area (Å²) in [5.74, 6) is -1.15. The van der Waals surface area contributed by atoms with Gasteiger partial charge in [-0.2, -0.15) is 0 Å². The number of carbonyl (C=O) groups excluding carboxylic acids is 2. The van der Waals surface area contributed by atoms with E-state index in [0.29, 0.717) is 29.8 Å². The van der Waals surface area contributed by atoms with Crippen molar-refractivity contribution in [3.8, 4) is 0 Å². The summed E-state index contributed by atoms with van der Waals surface area (Å²) >= 11 is 6.33. The van der Waals surface area contributed by atoms with Crippen LogP contribution in [0.3, 0.4) is 0 Å². The Hall–Kier alpha value is -2.59. The van der Waals surface area contributed by atoms with E-state index >= 15 is 0 Å². The Labute approximate surface area is 163 Å². The first-order valence-electron chi connectivity index (χ1n) is 9.12. The zero-order valence-electron chi connectivity index (χ0n) is 15.1. The number of ketones is 1. The summed E-state index contributed by atoms with van der Waals surface area (Å²) in [5, 5.41) is 6.83. The molecule has 0 aromatic heterocycles. The molecule has 0 radical (unpaired) electrons. The van der Waals surface area contributed by atoms with Crippen LogP contribution in [0.4, 0.5) is 5.69 Å². The van der Waals surface area contributed by atoms with Gasteiger partial charge in [0, 0.05) is 16.4 Å². The highest BCUT2D eigenvalue weighted by Gasteiger charge is 2.53. The van der Waals surface area contributed by atoms with Crippen molar-refractivity contribution in [1.29, 1.82) is 0 Å². The summed E-state index contributed by atoms with van der Waals surface area (Å²) in [6.07, 6.45) is 3.80. The van der Waals surface area contributed by atoms with Crippen molar-refractivity contribution in [3.63, 3.8) is 0 Å². The van der Waals surface area contributed by atoms with Gasteiger partial charge in [-0.25, -0.2) is 0 Å². The van der Waals surface area contributed by atoms with Crippen molar-refractivity contribution in [1.82, 2.24) is 5.32 Å². The number of hydrogen-bond acceptors (Lipinski definition) is 3. The van der Waals surface area contributed by atoms with E-state index in [4.69, 9.17) is 11.6 Å². The van der Waals surface area contributed by atoms with Crippen LogP contribution in [-0.2, 0) is 9.59 Å². The largest absolute Gasteiger partial charge is 0.359 e. The molecule has 2 atom stereocenters. The topological polar surface area (TPSA) is 58.2 Å². The Balaban J connectivity index is 1.55. The maximum Gasteiger partial charge on any atom is 0.236 e. The van der Waals surface area contributed by atoms with Crippen molar-refractivity contribution in [2.75, 3.05) is 5.32 Å². The fraction of sp³-hybridized carbons (Fsp3) is 0.273. The maximum absolute atomic E-state index is 13.2. The lowest BCUT2D eigenvalue weighted by atomic mass is 9.78. The molecule has 1 saturated heterocycles. The SMILES string of the molecule is Cc1ccc(C2C(=O)NC3(CC=C(Nc4ccccc4)CC3)C2=O)c(Cl)c1. The summed E-state index contributed by atoms with van der Waals surface area (Å²) < 4.78 is 0. The smallest absolute Gasteiger partial charge is 0.236 e. The molecule has 0 saturated carbocycles. The number of rotatable bonds is 3. The molecule has 4 nitrogen and oxygen atoms in total. The highest BCUT2D eigenvalue weighted by Crippen LogP contribution is 2.40. The Bertz CT molecular complexity index is 939. The number of benzene rings is 2. The molecule has 1 fully saturated rings. The van der Waals surface area contributed by atoms with E-state index in [1.165, 1.54) is 0 Å². The molecule has 1 aliphatic carbocycles. The monoisotopic (exact) mass is 380 g/mol. The molecule has 2 aliphatic rings. The predicted octanol–water partition coefficient (Wildman–Crippen LogP) is 4.35. The molecule has 0 bridgehead atoms. The minimum absolute atomic E-state index is 0.0757. The molecule has 138 valence electrons. The second kappa shape index (κ2) is 6.86. The number of hydrogen-bond donors (Lipinski definition) is 2. The van der Waals surface area contributed by atoms with E-state index in [2.05, 4.69) is 10.6 Å². The lowest BCUT2D eigenvalue weighted by Gasteiger charge is -2.31. The molecule has 1 amide bonds. The number of allylic oxidation sites excluding steroid dienone is 1. The molecule has 5 heteroatoms. The van der Waals surface area contributed by atoms with Gasteiger partial charge in [-0.1, -0.05) is 48.0 Å². The first kappa shape index (κ1) is 17.8. The van der Waals surface area contributed by atoms with Gasteiger partial charge in [0.2, 0.25) is 5.91 Å². The van der Waals surface area contributed by atoms with Crippen LogP contribution in [0.1, 0.15) is 36.3 Å².